The Morgan fingerprint density at radius 3 is 2.57 bits per heavy atom. The molecule has 2 aliphatic heterocycles. The van der Waals surface area contributed by atoms with E-state index in [-0.39, 0.29) is 37.2 Å². The molecular weight excluding hydrogens is 298 g/mol. The smallest absolute Gasteiger partial charge is 0.221 e. The van der Waals surface area contributed by atoms with Crippen molar-refractivity contribution in [1.29, 1.82) is 0 Å². The summed E-state index contributed by atoms with van der Waals surface area (Å²) in [5, 5.41) is 2.79. The number of primary amides is 1. The van der Waals surface area contributed by atoms with Crippen molar-refractivity contribution in [2.24, 2.45) is 11.1 Å². The molecule has 0 spiro atoms. The Kier molecular flexibility index (Phi) is 5.75. The number of ketones is 1. The summed E-state index contributed by atoms with van der Waals surface area (Å²) >= 11 is 0. The van der Waals surface area contributed by atoms with Gasteiger partial charge in [0.15, 0.2) is 5.78 Å². The topological polar surface area (TPSA) is 102 Å². The summed E-state index contributed by atoms with van der Waals surface area (Å²) in [4.78, 5) is 37.6. The minimum absolute atomic E-state index is 0.0497. The van der Waals surface area contributed by atoms with Gasteiger partial charge in [-0.1, -0.05) is 13.8 Å². The lowest BCUT2D eigenvalue weighted by molar-refractivity contribution is -0.128. The SMILES string of the molecule is CC(C)(CC(N)=O)CC(=O)NC1C(=O)COC1CN1CCCC1. The summed E-state index contributed by atoms with van der Waals surface area (Å²) in [5.74, 6) is -0.767. The van der Waals surface area contributed by atoms with E-state index in [1.807, 2.05) is 13.8 Å². The molecule has 130 valence electrons. The van der Waals surface area contributed by atoms with E-state index in [0.29, 0.717) is 6.54 Å². The van der Waals surface area contributed by atoms with Gasteiger partial charge in [0, 0.05) is 19.4 Å². The molecule has 2 amide bonds. The van der Waals surface area contributed by atoms with E-state index in [1.54, 1.807) is 0 Å². The normalized spacial score (nSPS) is 25.7. The molecule has 7 heteroatoms. The molecule has 0 aromatic carbocycles. The van der Waals surface area contributed by atoms with Crippen molar-refractivity contribution in [3.05, 3.63) is 0 Å². The van der Waals surface area contributed by atoms with Crippen molar-refractivity contribution in [2.45, 2.75) is 51.7 Å². The first-order valence-electron chi connectivity index (χ1n) is 8.21. The summed E-state index contributed by atoms with van der Waals surface area (Å²) in [6.07, 6.45) is 2.32. The van der Waals surface area contributed by atoms with Crippen molar-refractivity contribution in [3.8, 4) is 0 Å². The minimum atomic E-state index is -0.590. The van der Waals surface area contributed by atoms with Gasteiger partial charge in [-0.05, 0) is 31.3 Å². The maximum Gasteiger partial charge on any atom is 0.221 e. The Hall–Kier alpha value is -1.47. The van der Waals surface area contributed by atoms with Gasteiger partial charge in [0.25, 0.3) is 0 Å². The largest absolute Gasteiger partial charge is 0.370 e. The van der Waals surface area contributed by atoms with Crippen LogP contribution < -0.4 is 11.1 Å². The van der Waals surface area contributed by atoms with Crippen LogP contribution >= 0.6 is 0 Å². The number of hydrogen-bond acceptors (Lipinski definition) is 5. The van der Waals surface area contributed by atoms with Crippen LogP contribution in [0.25, 0.3) is 0 Å². The summed E-state index contributed by atoms with van der Waals surface area (Å²) < 4.78 is 5.56. The number of nitrogens with zero attached hydrogens (tertiary/aromatic N) is 1. The zero-order chi connectivity index (χ0) is 17.0. The average Bonchev–Trinajstić information content (AvgIpc) is 3.01. The molecule has 0 bridgehead atoms. The number of amides is 2. The lowest BCUT2D eigenvalue weighted by Crippen LogP contribution is -2.49. The quantitative estimate of drug-likeness (QED) is 0.676. The number of rotatable bonds is 7. The van der Waals surface area contributed by atoms with Crippen LogP contribution in [-0.4, -0.2) is 60.9 Å². The van der Waals surface area contributed by atoms with Gasteiger partial charge in [-0.25, -0.2) is 0 Å². The van der Waals surface area contributed by atoms with Crippen LogP contribution in [0, 0.1) is 5.41 Å². The molecule has 2 saturated heterocycles. The number of ether oxygens (including phenoxy) is 1. The third-order valence-corrected chi connectivity index (χ3v) is 4.40. The van der Waals surface area contributed by atoms with Crippen LogP contribution in [0.1, 0.15) is 39.5 Å². The molecule has 3 N–H and O–H groups in total. The van der Waals surface area contributed by atoms with Crippen LogP contribution in [0.15, 0.2) is 0 Å². The number of hydrogen-bond donors (Lipinski definition) is 2. The van der Waals surface area contributed by atoms with E-state index in [2.05, 4.69) is 10.2 Å². The third kappa shape index (κ3) is 5.28. The second kappa shape index (κ2) is 7.40. The summed E-state index contributed by atoms with van der Waals surface area (Å²) in [6.45, 7) is 6.37. The van der Waals surface area contributed by atoms with E-state index in [1.165, 1.54) is 12.8 Å². The van der Waals surface area contributed by atoms with Gasteiger partial charge in [0.2, 0.25) is 11.8 Å². The zero-order valence-electron chi connectivity index (χ0n) is 14.0. The van der Waals surface area contributed by atoms with E-state index in [0.717, 1.165) is 13.1 Å². The molecule has 2 atom stereocenters. The first kappa shape index (κ1) is 17.9. The molecule has 2 heterocycles. The van der Waals surface area contributed by atoms with Gasteiger partial charge >= 0.3 is 0 Å². The van der Waals surface area contributed by atoms with Crippen molar-refractivity contribution in [2.75, 3.05) is 26.2 Å². The molecular formula is C16H27N3O4. The Labute approximate surface area is 136 Å². The van der Waals surface area contributed by atoms with Gasteiger partial charge in [-0.15, -0.1) is 0 Å². The average molecular weight is 325 g/mol. The molecule has 0 aromatic heterocycles. The first-order chi connectivity index (χ1) is 10.8. The fourth-order valence-corrected chi connectivity index (χ4v) is 3.33. The number of Topliss-reactive ketones (excluding diaryl/α,β-unsaturated/α-hetero) is 1. The van der Waals surface area contributed by atoms with Gasteiger partial charge in [0.1, 0.15) is 12.6 Å². The maximum absolute atomic E-state index is 12.2. The Morgan fingerprint density at radius 1 is 1.30 bits per heavy atom. The zero-order valence-corrected chi connectivity index (χ0v) is 14.0. The standard InChI is InChI=1S/C16H27N3O4/c1-16(2,7-13(17)21)8-14(22)18-15-11(20)10-23-12(15)9-19-5-3-4-6-19/h12,15H,3-10H2,1-2H3,(H2,17,21)(H,18,22). The Bertz CT molecular complexity index is 472. The lowest BCUT2D eigenvalue weighted by Gasteiger charge is -2.26. The number of carbonyl (C=O) groups is 3. The molecule has 0 aliphatic carbocycles. The summed E-state index contributed by atoms with van der Waals surface area (Å²) in [5.41, 5.74) is 4.68. The number of nitrogens with one attached hydrogen (secondary N) is 1. The third-order valence-electron chi connectivity index (χ3n) is 4.40. The number of likely N-dealkylation sites (tertiary alicyclic amines) is 1. The molecule has 2 unspecified atom stereocenters. The first-order valence-corrected chi connectivity index (χ1v) is 8.21. The highest BCUT2D eigenvalue weighted by atomic mass is 16.5. The molecule has 23 heavy (non-hydrogen) atoms. The van der Waals surface area contributed by atoms with Crippen LogP contribution in [-0.2, 0) is 19.1 Å². The van der Waals surface area contributed by atoms with Gasteiger partial charge < -0.3 is 20.7 Å². The monoisotopic (exact) mass is 325 g/mol. The van der Waals surface area contributed by atoms with Crippen molar-refractivity contribution in [3.63, 3.8) is 0 Å². The molecule has 0 saturated carbocycles. The molecule has 0 aromatic rings. The maximum atomic E-state index is 12.2. The molecule has 0 radical (unpaired) electrons. The predicted molar refractivity (Wildman–Crippen MR) is 84.6 cm³/mol. The summed E-state index contributed by atoms with van der Waals surface area (Å²) in [7, 11) is 0. The summed E-state index contributed by atoms with van der Waals surface area (Å²) in [6, 6.07) is -0.590. The van der Waals surface area contributed by atoms with E-state index in [9.17, 15) is 14.4 Å². The highest BCUT2D eigenvalue weighted by Crippen LogP contribution is 2.25. The fraction of sp³-hybridized carbons (Fsp3) is 0.812. The molecule has 2 fully saturated rings. The van der Waals surface area contributed by atoms with E-state index in [4.69, 9.17) is 10.5 Å². The van der Waals surface area contributed by atoms with Crippen molar-refractivity contribution in [1.82, 2.24) is 10.2 Å². The fourth-order valence-electron chi connectivity index (χ4n) is 3.33. The Morgan fingerprint density at radius 2 is 1.96 bits per heavy atom. The highest BCUT2D eigenvalue weighted by molar-refractivity contribution is 5.92. The lowest BCUT2D eigenvalue weighted by atomic mass is 9.85. The second-order valence-corrected chi connectivity index (χ2v) is 7.35. The van der Waals surface area contributed by atoms with E-state index >= 15 is 0 Å². The predicted octanol–water partition coefficient (Wildman–Crippen LogP) is -0.173. The van der Waals surface area contributed by atoms with Crippen LogP contribution in [0.2, 0.25) is 0 Å². The van der Waals surface area contributed by atoms with Crippen molar-refractivity contribution >= 4 is 17.6 Å². The molecule has 2 rings (SSSR count). The van der Waals surface area contributed by atoms with Crippen LogP contribution in [0.4, 0.5) is 0 Å². The van der Waals surface area contributed by atoms with Crippen LogP contribution in [0.5, 0.6) is 0 Å². The molecule has 2 aliphatic rings. The highest BCUT2D eigenvalue weighted by Gasteiger charge is 2.38. The van der Waals surface area contributed by atoms with Gasteiger partial charge in [-0.2, -0.15) is 0 Å². The molecule has 7 nitrogen and oxygen atoms in total. The van der Waals surface area contributed by atoms with Crippen molar-refractivity contribution < 1.29 is 19.1 Å². The number of carbonyl (C=O) groups excluding carboxylic acids is 3. The number of nitrogens with two attached hydrogens (primary N) is 1. The Balaban J connectivity index is 1.89. The van der Waals surface area contributed by atoms with E-state index < -0.39 is 17.4 Å². The van der Waals surface area contributed by atoms with Crippen LogP contribution in [0.3, 0.4) is 0 Å². The van der Waals surface area contributed by atoms with Gasteiger partial charge in [0.05, 0.1) is 6.10 Å². The van der Waals surface area contributed by atoms with Gasteiger partial charge in [-0.3, -0.25) is 14.4 Å². The minimum Gasteiger partial charge on any atom is -0.370 e. The second-order valence-electron chi connectivity index (χ2n) is 7.35.